The lowest BCUT2D eigenvalue weighted by atomic mass is 10.2. The zero-order valence-electron chi connectivity index (χ0n) is 12.1. The van der Waals surface area contributed by atoms with Crippen molar-refractivity contribution in [2.75, 3.05) is 10.6 Å². The second-order valence-electron chi connectivity index (χ2n) is 4.95. The number of carbonyl (C=O) groups excluding carboxylic acids is 1. The van der Waals surface area contributed by atoms with Gasteiger partial charge in [-0.05, 0) is 38.1 Å². The van der Waals surface area contributed by atoms with E-state index < -0.39 is 6.10 Å². The molecule has 2 aromatic rings. The van der Waals surface area contributed by atoms with Crippen molar-refractivity contribution in [2.45, 2.75) is 33.0 Å². The molecule has 6 nitrogen and oxygen atoms in total. The molecule has 0 spiro atoms. The van der Waals surface area contributed by atoms with Crippen LogP contribution in [-0.2, 0) is 17.9 Å². The van der Waals surface area contributed by atoms with Crippen molar-refractivity contribution in [1.29, 1.82) is 0 Å². The van der Waals surface area contributed by atoms with Crippen LogP contribution < -0.4 is 15.4 Å². The number of rotatable bonds is 4. The number of aromatic nitrogens is 2. The number of anilines is 2. The van der Waals surface area contributed by atoms with Gasteiger partial charge in [0.2, 0.25) is 0 Å². The van der Waals surface area contributed by atoms with Crippen molar-refractivity contribution in [1.82, 2.24) is 9.78 Å². The number of aryl methyl sites for hydroxylation is 1. The molecule has 3 rings (SSSR count). The Morgan fingerprint density at radius 1 is 1.43 bits per heavy atom. The predicted octanol–water partition coefficient (Wildman–Crippen LogP) is 2.23. The molecule has 1 aliphatic rings. The average molecular weight is 286 g/mol. The monoisotopic (exact) mass is 286 g/mol. The van der Waals surface area contributed by atoms with Gasteiger partial charge in [0.1, 0.15) is 5.75 Å². The van der Waals surface area contributed by atoms with Gasteiger partial charge in [-0.15, -0.1) is 0 Å². The average Bonchev–Trinajstić information content (AvgIpc) is 2.94. The third kappa shape index (κ3) is 2.69. The molecular weight excluding hydrogens is 268 g/mol. The molecule has 1 unspecified atom stereocenters. The molecule has 1 amide bonds. The molecule has 0 fully saturated rings. The Labute approximate surface area is 123 Å². The quantitative estimate of drug-likeness (QED) is 0.904. The minimum absolute atomic E-state index is 0.122. The Hall–Kier alpha value is -2.50. The molecule has 0 saturated heterocycles. The Kier molecular flexibility index (Phi) is 3.51. The Morgan fingerprint density at radius 3 is 3.10 bits per heavy atom. The van der Waals surface area contributed by atoms with Crippen LogP contribution in [0.3, 0.4) is 0 Å². The van der Waals surface area contributed by atoms with Gasteiger partial charge in [-0.1, -0.05) is 0 Å². The first-order chi connectivity index (χ1) is 10.2. The number of fused-ring (bicyclic) bond motifs is 1. The highest BCUT2D eigenvalue weighted by Gasteiger charge is 2.23. The number of benzene rings is 1. The number of nitrogens with zero attached hydrogens (tertiary/aromatic N) is 2. The Morgan fingerprint density at radius 2 is 2.29 bits per heavy atom. The number of hydrogen-bond acceptors (Lipinski definition) is 4. The molecule has 0 aliphatic carbocycles. The van der Waals surface area contributed by atoms with Crippen LogP contribution in [0.1, 0.15) is 19.5 Å². The summed E-state index contributed by atoms with van der Waals surface area (Å²) in [7, 11) is 0. The Balaban J connectivity index is 1.73. The lowest BCUT2D eigenvalue weighted by Gasteiger charge is -2.23. The van der Waals surface area contributed by atoms with E-state index in [1.165, 1.54) is 0 Å². The van der Waals surface area contributed by atoms with Gasteiger partial charge in [0.05, 0.1) is 17.9 Å². The molecule has 0 radical (unpaired) electrons. The van der Waals surface area contributed by atoms with Gasteiger partial charge in [0, 0.05) is 18.4 Å². The van der Waals surface area contributed by atoms with Gasteiger partial charge < -0.3 is 15.4 Å². The van der Waals surface area contributed by atoms with E-state index >= 15 is 0 Å². The first kappa shape index (κ1) is 13.5. The minimum atomic E-state index is -0.449. The molecule has 2 heterocycles. The molecule has 110 valence electrons. The summed E-state index contributed by atoms with van der Waals surface area (Å²) in [6.45, 7) is 5.31. The van der Waals surface area contributed by atoms with Crippen LogP contribution in [0.25, 0.3) is 0 Å². The fourth-order valence-corrected chi connectivity index (χ4v) is 2.31. The maximum atomic E-state index is 11.6. The van der Waals surface area contributed by atoms with E-state index in [9.17, 15) is 4.79 Å². The van der Waals surface area contributed by atoms with Crippen LogP contribution in [0.5, 0.6) is 5.75 Å². The molecule has 21 heavy (non-hydrogen) atoms. The maximum Gasteiger partial charge on any atom is 0.265 e. The van der Waals surface area contributed by atoms with Crippen LogP contribution in [0.15, 0.2) is 30.5 Å². The molecule has 0 saturated carbocycles. The highest BCUT2D eigenvalue weighted by atomic mass is 16.5. The van der Waals surface area contributed by atoms with Gasteiger partial charge in [-0.3, -0.25) is 9.48 Å². The van der Waals surface area contributed by atoms with E-state index in [4.69, 9.17) is 4.74 Å². The zero-order valence-corrected chi connectivity index (χ0v) is 12.1. The summed E-state index contributed by atoms with van der Waals surface area (Å²) in [5.41, 5.74) is 2.74. The normalized spacial score (nSPS) is 16.9. The fraction of sp³-hybridized carbons (Fsp3) is 0.333. The van der Waals surface area contributed by atoms with Crippen molar-refractivity contribution in [3.05, 3.63) is 36.2 Å². The van der Waals surface area contributed by atoms with Crippen molar-refractivity contribution >= 4 is 17.3 Å². The number of amides is 1. The smallest absolute Gasteiger partial charge is 0.265 e. The molecule has 0 bridgehead atoms. The van der Waals surface area contributed by atoms with E-state index in [0.717, 1.165) is 17.9 Å². The highest BCUT2D eigenvalue weighted by molar-refractivity contribution is 5.98. The third-order valence-corrected chi connectivity index (χ3v) is 3.49. The van der Waals surface area contributed by atoms with Gasteiger partial charge in [-0.25, -0.2) is 0 Å². The first-order valence-electron chi connectivity index (χ1n) is 7.03. The summed E-state index contributed by atoms with van der Waals surface area (Å²) in [5, 5.41) is 10.4. The SMILES string of the molecule is CCn1nccc1CNc1ccc2c(c1)NC(=O)C(C)O2. The molecule has 6 heteroatoms. The van der Waals surface area contributed by atoms with Crippen LogP contribution in [0.4, 0.5) is 11.4 Å². The standard InChI is InChI=1S/C15H18N4O2/c1-3-19-12(6-7-17-19)9-16-11-4-5-14-13(8-11)18-15(20)10(2)21-14/h4-8,10,16H,3,9H2,1-2H3,(H,18,20). The van der Waals surface area contributed by atoms with Crippen LogP contribution >= 0.6 is 0 Å². The van der Waals surface area contributed by atoms with Crippen molar-refractivity contribution in [3.63, 3.8) is 0 Å². The first-order valence-corrected chi connectivity index (χ1v) is 7.03. The van der Waals surface area contributed by atoms with E-state index in [2.05, 4.69) is 22.7 Å². The van der Waals surface area contributed by atoms with Crippen LogP contribution in [-0.4, -0.2) is 21.8 Å². The fourth-order valence-electron chi connectivity index (χ4n) is 2.31. The summed E-state index contributed by atoms with van der Waals surface area (Å²) < 4.78 is 7.47. The maximum absolute atomic E-state index is 11.6. The van der Waals surface area contributed by atoms with Gasteiger partial charge >= 0.3 is 0 Å². The number of ether oxygens (including phenoxy) is 1. The van der Waals surface area contributed by atoms with E-state index in [-0.39, 0.29) is 5.91 Å². The summed E-state index contributed by atoms with van der Waals surface area (Å²) in [5.74, 6) is 0.579. The van der Waals surface area contributed by atoms with Gasteiger partial charge in [-0.2, -0.15) is 5.10 Å². The molecular formula is C15H18N4O2. The van der Waals surface area contributed by atoms with Crippen molar-refractivity contribution in [3.8, 4) is 5.75 Å². The number of carbonyl (C=O) groups is 1. The summed E-state index contributed by atoms with van der Waals surface area (Å²) in [6, 6.07) is 7.67. The highest BCUT2D eigenvalue weighted by Crippen LogP contribution is 2.32. The van der Waals surface area contributed by atoms with Crippen molar-refractivity contribution < 1.29 is 9.53 Å². The number of nitrogens with one attached hydrogen (secondary N) is 2. The third-order valence-electron chi connectivity index (χ3n) is 3.49. The second kappa shape index (κ2) is 5.47. The van der Waals surface area contributed by atoms with E-state index in [1.54, 1.807) is 13.1 Å². The summed E-state index contributed by atoms with van der Waals surface area (Å²) >= 11 is 0. The summed E-state index contributed by atoms with van der Waals surface area (Å²) in [6.07, 6.45) is 1.35. The lowest BCUT2D eigenvalue weighted by molar-refractivity contribution is -0.122. The minimum Gasteiger partial charge on any atom is -0.479 e. The number of hydrogen-bond donors (Lipinski definition) is 2. The predicted molar refractivity (Wildman–Crippen MR) is 80.4 cm³/mol. The van der Waals surface area contributed by atoms with Crippen LogP contribution in [0, 0.1) is 0 Å². The molecule has 1 aromatic heterocycles. The molecule has 1 aliphatic heterocycles. The lowest BCUT2D eigenvalue weighted by Crippen LogP contribution is -2.34. The topological polar surface area (TPSA) is 68.2 Å². The molecule has 1 atom stereocenters. The van der Waals surface area contributed by atoms with Crippen molar-refractivity contribution in [2.24, 2.45) is 0 Å². The Bertz CT molecular complexity index is 665. The van der Waals surface area contributed by atoms with E-state index in [1.807, 2.05) is 28.9 Å². The molecule has 1 aromatic carbocycles. The largest absolute Gasteiger partial charge is 0.479 e. The molecule has 2 N–H and O–H groups in total. The van der Waals surface area contributed by atoms with Gasteiger partial charge in [0.25, 0.3) is 5.91 Å². The van der Waals surface area contributed by atoms with Gasteiger partial charge in [0.15, 0.2) is 6.10 Å². The van der Waals surface area contributed by atoms with E-state index in [0.29, 0.717) is 18.0 Å². The summed E-state index contributed by atoms with van der Waals surface area (Å²) in [4.78, 5) is 11.6. The zero-order chi connectivity index (χ0) is 14.8. The van der Waals surface area contributed by atoms with Crippen LogP contribution in [0.2, 0.25) is 0 Å². The second-order valence-corrected chi connectivity index (χ2v) is 4.95.